The molecular weight excluding hydrogens is 258 g/mol. The molecule has 0 unspecified atom stereocenters. The second-order valence-electron chi connectivity index (χ2n) is 5.30. The Morgan fingerprint density at radius 3 is 3.05 bits per heavy atom. The second kappa shape index (κ2) is 5.15. The minimum Gasteiger partial charge on any atom is -0.493 e. The minimum atomic E-state index is -0.904. The zero-order valence-electron chi connectivity index (χ0n) is 11.2. The number of amides is 1. The van der Waals surface area contributed by atoms with Gasteiger partial charge in [-0.15, -0.1) is 0 Å². The summed E-state index contributed by atoms with van der Waals surface area (Å²) in [4.78, 5) is 24.9. The first-order valence-electron chi connectivity index (χ1n) is 6.92. The fourth-order valence-corrected chi connectivity index (χ4v) is 2.95. The third kappa shape index (κ3) is 2.35. The minimum absolute atomic E-state index is 0.103. The van der Waals surface area contributed by atoms with E-state index in [-0.39, 0.29) is 12.3 Å². The summed E-state index contributed by atoms with van der Waals surface area (Å²) in [5, 5.41) is 9.12. The topological polar surface area (TPSA) is 66.8 Å². The molecule has 2 heterocycles. The highest BCUT2D eigenvalue weighted by atomic mass is 16.5. The van der Waals surface area contributed by atoms with Crippen LogP contribution in [0.2, 0.25) is 0 Å². The third-order valence-corrected chi connectivity index (χ3v) is 3.97. The van der Waals surface area contributed by atoms with Crippen LogP contribution in [-0.4, -0.2) is 41.1 Å². The van der Waals surface area contributed by atoms with Gasteiger partial charge in [0.25, 0.3) is 0 Å². The van der Waals surface area contributed by atoms with E-state index in [0.29, 0.717) is 19.6 Å². The van der Waals surface area contributed by atoms with Gasteiger partial charge in [-0.1, -0.05) is 12.1 Å². The van der Waals surface area contributed by atoms with Crippen LogP contribution < -0.4 is 4.74 Å². The number of carboxylic acids is 1. The number of carbonyl (C=O) groups excluding carboxylic acids is 1. The van der Waals surface area contributed by atoms with E-state index in [1.807, 2.05) is 18.2 Å². The van der Waals surface area contributed by atoms with Gasteiger partial charge >= 0.3 is 5.97 Å². The Hall–Kier alpha value is -2.04. The van der Waals surface area contributed by atoms with Crippen LogP contribution in [-0.2, 0) is 22.4 Å². The molecule has 0 radical (unpaired) electrons. The van der Waals surface area contributed by atoms with Gasteiger partial charge in [0.15, 0.2) is 0 Å². The Labute approximate surface area is 117 Å². The van der Waals surface area contributed by atoms with Crippen LogP contribution in [0.5, 0.6) is 5.75 Å². The van der Waals surface area contributed by atoms with E-state index < -0.39 is 12.0 Å². The van der Waals surface area contributed by atoms with Crippen molar-refractivity contribution in [3.05, 3.63) is 29.3 Å². The molecule has 0 saturated carbocycles. The standard InChI is InChI=1S/C15H17NO4/c17-14(16-6-1-2-12(16)15(18)19)9-10-3-4-13-11(8-10)5-7-20-13/h3-4,8,12H,1-2,5-7,9H2,(H,18,19)/t12-/m1/s1. The van der Waals surface area contributed by atoms with Crippen molar-refractivity contribution in [2.75, 3.05) is 13.2 Å². The molecule has 1 N–H and O–H groups in total. The van der Waals surface area contributed by atoms with Gasteiger partial charge in [-0.05, 0) is 30.0 Å². The number of fused-ring (bicyclic) bond motifs is 1. The molecule has 1 fully saturated rings. The number of carbonyl (C=O) groups is 2. The van der Waals surface area contributed by atoms with Crippen molar-refractivity contribution in [2.45, 2.75) is 31.7 Å². The molecule has 1 saturated heterocycles. The molecule has 5 heteroatoms. The number of nitrogens with zero attached hydrogens (tertiary/aromatic N) is 1. The Bertz CT molecular complexity index is 555. The summed E-state index contributed by atoms with van der Waals surface area (Å²) < 4.78 is 5.43. The molecule has 2 aliphatic rings. The molecule has 1 amide bonds. The number of rotatable bonds is 3. The molecule has 1 aromatic carbocycles. The van der Waals surface area contributed by atoms with Gasteiger partial charge in [0, 0.05) is 13.0 Å². The molecule has 1 atom stereocenters. The van der Waals surface area contributed by atoms with Crippen molar-refractivity contribution in [3.8, 4) is 5.75 Å². The molecule has 3 rings (SSSR count). The van der Waals surface area contributed by atoms with E-state index in [2.05, 4.69) is 0 Å². The van der Waals surface area contributed by atoms with Gasteiger partial charge in [0.05, 0.1) is 13.0 Å². The summed E-state index contributed by atoms with van der Waals surface area (Å²) in [6.45, 7) is 1.24. The van der Waals surface area contributed by atoms with Crippen LogP contribution in [0, 0.1) is 0 Å². The second-order valence-corrected chi connectivity index (χ2v) is 5.30. The van der Waals surface area contributed by atoms with E-state index in [0.717, 1.165) is 29.7 Å². The van der Waals surface area contributed by atoms with Crippen molar-refractivity contribution in [2.24, 2.45) is 0 Å². The molecule has 5 nitrogen and oxygen atoms in total. The van der Waals surface area contributed by atoms with Gasteiger partial charge in [-0.2, -0.15) is 0 Å². The molecule has 1 aromatic rings. The SMILES string of the molecule is O=C(O)[C@H]1CCCN1C(=O)Cc1ccc2c(c1)CCO2. The number of likely N-dealkylation sites (tertiary alicyclic amines) is 1. The Kier molecular flexibility index (Phi) is 3.34. The first-order valence-corrected chi connectivity index (χ1v) is 6.92. The number of benzene rings is 1. The van der Waals surface area contributed by atoms with Crippen LogP contribution in [0.25, 0.3) is 0 Å². The molecule has 0 bridgehead atoms. The maximum Gasteiger partial charge on any atom is 0.326 e. The van der Waals surface area contributed by atoms with E-state index in [4.69, 9.17) is 9.84 Å². The zero-order valence-corrected chi connectivity index (χ0v) is 11.2. The smallest absolute Gasteiger partial charge is 0.326 e. The first-order chi connectivity index (χ1) is 9.65. The van der Waals surface area contributed by atoms with Crippen LogP contribution >= 0.6 is 0 Å². The van der Waals surface area contributed by atoms with Crippen LogP contribution in [0.15, 0.2) is 18.2 Å². The van der Waals surface area contributed by atoms with Gasteiger partial charge in [0.1, 0.15) is 11.8 Å². The maximum absolute atomic E-state index is 12.3. The van der Waals surface area contributed by atoms with E-state index in [9.17, 15) is 9.59 Å². The van der Waals surface area contributed by atoms with Crippen molar-refractivity contribution in [3.63, 3.8) is 0 Å². The van der Waals surface area contributed by atoms with Gasteiger partial charge in [-0.3, -0.25) is 4.79 Å². The fourth-order valence-electron chi connectivity index (χ4n) is 2.95. The Balaban J connectivity index is 1.71. The Morgan fingerprint density at radius 2 is 2.25 bits per heavy atom. The van der Waals surface area contributed by atoms with Crippen molar-refractivity contribution < 1.29 is 19.4 Å². The van der Waals surface area contributed by atoms with Gasteiger partial charge in [-0.25, -0.2) is 4.79 Å². The summed E-state index contributed by atoms with van der Waals surface area (Å²) in [5.74, 6) is -0.113. The molecule has 0 aliphatic carbocycles. The lowest BCUT2D eigenvalue weighted by Crippen LogP contribution is -2.41. The molecule has 0 aromatic heterocycles. The predicted molar refractivity (Wildman–Crippen MR) is 71.7 cm³/mol. The Morgan fingerprint density at radius 1 is 1.40 bits per heavy atom. The van der Waals surface area contributed by atoms with E-state index >= 15 is 0 Å². The highest BCUT2D eigenvalue weighted by molar-refractivity contribution is 5.85. The fraction of sp³-hybridized carbons (Fsp3) is 0.467. The third-order valence-electron chi connectivity index (χ3n) is 3.97. The monoisotopic (exact) mass is 275 g/mol. The average Bonchev–Trinajstić information content (AvgIpc) is 3.06. The number of carboxylic acid groups (broad SMARTS) is 1. The summed E-state index contributed by atoms with van der Waals surface area (Å²) in [5.41, 5.74) is 2.06. The number of hydrogen-bond acceptors (Lipinski definition) is 3. The van der Waals surface area contributed by atoms with Crippen LogP contribution in [0.1, 0.15) is 24.0 Å². The molecule has 2 aliphatic heterocycles. The summed E-state index contributed by atoms with van der Waals surface area (Å²) in [6.07, 6.45) is 2.45. The highest BCUT2D eigenvalue weighted by Gasteiger charge is 2.33. The number of hydrogen-bond donors (Lipinski definition) is 1. The van der Waals surface area contributed by atoms with E-state index in [1.165, 1.54) is 4.90 Å². The lowest BCUT2D eigenvalue weighted by molar-refractivity contribution is -0.148. The summed E-state index contributed by atoms with van der Waals surface area (Å²) in [7, 11) is 0. The van der Waals surface area contributed by atoms with E-state index in [1.54, 1.807) is 0 Å². The predicted octanol–water partition coefficient (Wildman–Crippen LogP) is 1.24. The zero-order chi connectivity index (χ0) is 14.1. The lowest BCUT2D eigenvalue weighted by atomic mass is 10.1. The van der Waals surface area contributed by atoms with Crippen molar-refractivity contribution in [1.29, 1.82) is 0 Å². The molecule has 0 spiro atoms. The lowest BCUT2D eigenvalue weighted by Gasteiger charge is -2.21. The normalized spacial score (nSPS) is 20.6. The number of aliphatic carboxylic acids is 1. The highest BCUT2D eigenvalue weighted by Crippen LogP contribution is 2.26. The molecule has 20 heavy (non-hydrogen) atoms. The maximum atomic E-state index is 12.3. The average molecular weight is 275 g/mol. The van der Waals surface area contributed by atoms with Crippen LogP contribution in [0.4, 0.5) is 0 Å². The van der Waals surface area contributed by atoms with Crippen molar-refractivity contribution >= 4 is 11.9 Å². The van der Waals surface area contributed by atoms with Crippen molar-refractivity contribution in [1.82, 2.24) is 4.90 Å². The van der Waals surface area contributed by atoms with Gasteiger partial charge in [0.2, 0.25) is 5.91 Å². The van der Waals surface area contributed by atoms with Crippen LogP contribution in [0.3, 0.4) is 0 Å². The summed E-state index contributed by atoms with van der Waals surface area (Å²) >= 11 is 0. The van der Waals surface area contributed by atoms with Gasteiger partial charge < -0.3 is 14.7 Å². The quantitative estimate of drug-likeness (QED) is 0.901. The molecular formula is C15H17NO4. The first kappa shape index (κ1) is 13.0. The summed E-state index contributed by atoms with van der Waals surface area (Å²) in [6, 6.07) is 5.11. The molecule has 106 valence electrons. The number of ether oxygens (including phenoxy) is 1. The largest absolute Gasteiger partial charge is 0.493 e.